The van der Waals surface area contributed by atoms with E-state index in [9.17, 15) is 0 Å². The maximum absolute atomic E-state index is 4.23. The maximum Gasteiger partial charge on any atom is 0.0407 e. The van der Waals surface area contributed by atoms with Crippen molar-refractivity contribution in [2.75, 3.05) is 6.26 Å². The van der Waals surface area contributed by atoms with Crippen LogP contribution < -0.4 is 0 Å². The molecule has 0 aliphatic rings. The van der Waals surface area contributed by atoms with Crippen LogP contribution in [0.4, 0.5) is 0 Å². The average Bonchev–Trinajstić information content (AvgIpc) is 1.95. The van der Waals surface area contributed by atoms with Gasteiger partial charge in [-0.25, -0.2) is 0 Å². The van der Waals surface area contributed by atoms with Crippen molar-refractivity contribution in [2.45, 2.75) is 18.7 Å². The molecule has 0 aliphatic heterocycles. The van der Waals surface area contributed by atoms with Crippen LogP contribution in [0.2, 0.25) is 0 Å². The summed E-state index contributed by atoms with van der Waals surface area (Å²) in [6, 6.07) is 2.16. The van der Waals surface area contributed by atoms with Gasteiger partial charge in [0.15, 0.2) is 0 Å². The Bertz CT molecular complexity index is 233. The molecule has 0 amide bonds. The second kappa shape index (κ2) is 3.06. The van der Waals surface area contributed by atoms with Crippen molar-refractivity contribution in [3.05, 3.63) is 23.5 Å². The van der Waals surface area contributed by atoms with Gasteiger partial charge >= 0.3 is 0 Å². The SMILES string of the molecule is CSc1cnc(C)c(C)c1. The number of thioether (sulfide) groups is 1. The molecule has 0 spiro atoms. The molecule has 0 saturated heterocycles. The summed E-state index contributed by atoms with van der Waals surface area (Å²) in [5, 5.41) is 0. The van der Waals surface area contributed by atoms with Gasteiger partial charge in [-0.2, -0.15) is 0 Å². The van der Waals surface area contributed by atoms with Gasteiger partial charge in [0.1, 0.15) is 0 Å². The minimum absolute atomic E-state index is 1.12. The fourth-order valence-electron chi connectivity index (χ4n) is 0.729. The minimum atomic E-state index is 1.12. The number of rotatable bonds is 1. The van der Waals surface area contributed by atoms with E-state index in [2.05, 4.69) is 24.2 Å². The highest BCUT2D eigenvalue weighted by molar-refractivity contribution is 7.98. The summed E-state index contributed by atoms with van der Waals surface area (Å²) in [4.78, 5) is 5.47. The fourth-order valence-corrected chi connectivity index (χ4v) is 1.18. The van der Waals surface area contributed by atoms with Crippen LogP contribution in [-0.4, -0.2) is 11.2 Å². The first kappa shape index (κ1) is 7.61. The van der Waals surface area contributed by atoms with E-state index in [4.69, 9.17) is 0 Å². The lowest BCUT2D eigenvalue weighted by Crippen LogP contribution is -1.85. The highest BCUT2D eigenvalue weighted by Gasteiger charge is 1.94. The Morgan fingerprint density at radius 1 is 1.40 bits per heavy atom. The van der Waals surface area contributed by atoms with E-state index in [1.165, 1.54) is 10.5 Å². The normalized spacial score (nSPS) is 9.90. The van der Waals surface area contributed by atoms with Crippen LogP contribution in [0.5, 0.6) is 0 Å². The smallest absolute Gasteiger partial charge is 0.0407 e. The first-order valence-electron chi connectivity index (χ1n) is 3.21. The summed E-state index contributed by atoms with van der Waals surface area (Å²) in [5.41, 5.74) is 2.39. The molecule has 0 aromatic carbocycles. The lowest BCUT2D eigenvalue weighted by molar-refractivity contribution is 1.10. The van der Waals surface area contributed by atoms with Gasteiger partial charge in [-0.1, -0.05) is 0 Å². The molecule has 54 valence electrons. The summed E-state index contributed by atoms with van der Waals surface area (Å²) in [5.74, 6) is 0. The zero-order valence-electron chi connectivity index (χ0n) is 6.51. The van der Waals surface area contributed by atoms with Crippen molar-refractivity contribution in [1.82, 2.24) is 4.98 Å². The molecule has 0 bridgehead atoms. The third kappa shape index (κ3) is 1.51. The van der Waals surface area contributed by atoms with Crippen molar-refractivity contribution in [2.24, 2.45) is 0 Å². The van der Waals surface area contributed by atoms with Crippen LogP contribution in [0.1, 0.15) is 11.3 Å². The maximum atomic E-state index is 4.23. The third-order valence-electron chi connectivity index (χ3n) is 1.55. The van der Waals surface area contributed by atoms with Crippen molar-refractivity contribution in [3.8, 4) is 0 Å². The van der Waals surface area contributed by atoms with Crippen LogP contribution in [0.3, 0.4) is 0 Å². The molecule has 0 saturated carbocycles. The van der Waals surface area contributed by atoms with Gasteiger partial charge < -0.3 is 0 Å². The first-order valence-corrected chi connectivity index (χ1v) is 4.43. The Hall–Kier alpha value is -0.500. The molecular weight excluding hydrogens is 142 g/mol. The van der Waals surface area contributed by atoms with Gasteiger partial charge in [-0.05, 0) is 31.7 Å². The van der Waals surface area contributed by atoms with Gasteiger partial charge in [0.05, 0.1) is 0 Å². The number of aryl methyl sites for hydroxylation is 2. The zero-order valence-corrected chi connectivity index (χ0v) is 7.33. The van der Waals surface area contributed by atoms with Gasteiger partial charge in [0.25, 0.3) is 0 Å². The molecule has 1 aromatic heterocycles. The topological polar surface area (TPSA) is 12.9 Å². The van der Waals surface area contributed by atoms with Gasteiger partial charge in [-0.3, -0.25) is 4.98 Å². The molecule has 0 atom stereocenters. The Morgan fingerprint density at radius 2 is 2.10 bits per heavy atom. The lowest BCUT2D eigenvalue weighted by Gasteiger charge is -1.99. The summed E-state index contributed by atoms with van der Waals surface area (Å²) in [6.45, 7) is 4.11. The summed E-state index contributed by atoms with van der Waals surface area (Å²) < 4.78 is 0. The Kier molecular flexibility index (Phi) is 2.33. The zero-order chi connectivity index (χ0) is 7.56. The van der Waals surface area contributed by atoms with Crippen LogP contribution in [0.15, 0.2) is 17.2 Å². The standard InChI is InChI=1S/C8H11NS/c1-6-4-8(10-3)5-9-7(6)2/h4-5H,1-3H3. The summed E-state index contributed by atoms with van der Waals surface area (Å²) in [6.07, 6.45) is 3.97. The van der Waals surface area contributed by atoms with E-state index < -0.39 is 0 Å². The third-order valence-corrected chi connectivity index (χ3v) is 2.25. The molecule has 1 aromatic rings. The Labute approximate surface area is 65.9 Å². The molecule has 0 fully saturated rings. The second-order valence-corrected chi connectivity index (χ2v) is 3.16. The highest BCUT2D eigenvalue weighted by atomic mass is 32.2. The highest BCUT2D eigenvalue weighted by Crippen LogP contribution is 2.15. The van der Waals surface area contributed by atoms with Gasteiger partial charge in [0.2, 0.25) is 0 Å². The predicted molar refractivity (Wildman–Crippen MR) is 45.5 cm³/mol. The van der Waals surface area contributed by atoms with Crippen LogP contribution in [0, 0.1) is 13.8 Å². The van der Waals surface area contributed by atoms with E-state index in [0.717, 1.165) is 5.69 Å². The van der Waals surface area contributed by atoms with E-state index in [1.807, 2.05) is 13.1 Å². The second-order valence-electron chi connectivity index (χ2n) is 2.28. The average molecular weight is 153 g/mol. The van der Waals surface area contributed by atoms with E-state index in [1.54, 1.807) is 11.8 Å². The number of pyridine rings is 1. The van der Waals surface area contributed by atoms with Gasteiger partial charge in [-0.15, -0.1) is 11.8 Å². The molecule has 1 heterocycles. The molecule has 0 N–H and O–H groups in total. The molecule has 1 rings (SSSR count). The number of aromatic nitrogens is 1. The summed E-state index contributed by atoms with van der Waals surface area (Å²) in [7, 11) is 0. The number of hydrogen-bond donors (Lipinski definition) is 0. The molecular formula is C8H11NS. The minimum Gasteiger partial charge on any atom is -0.260 e. The first-order chi connectivity index (χ1) is 4.74. The van der Waals surface area contributed by atoms with Crippen molar-refractivity contribution in [1.29, 1.82) is 0 Å². The molecule has 0 aliphatic carbocycles. The van der Waals surface area contributed by atoms with Crippen LogP contribution in [-0.2, 0) is 0 Å². The monoisotopic (exact) mass is 153 g/mol. The van der Waals surface area contributed by atoms with Crippen molar-refractivity contribution in [3.63, 3.8) is 0 Å². The fraction of sp³-hybridized carbons (Fsp3) is 0.375. The molecule has 0 unspecified atom stereocenters. The molecule has 1 nitrogen and oxygen atoms in total. The Balaban J connectivity index is 3.04. The lowest BCUT2D eigenvalue weighted by atomic mass is 10.2. The number of nitrogens with zero attached hydrogens (tertiary/aromatic N) is 1. The molecule has 2 heteroatoms. The van der Waals surface area contributed by atoms with Crippen molar-refractivity contribution >= 4 is 11.8 Å². The summed E-state index contributed by atoms with van der Waals surface area (Å²) >= 11 is 1.73. The van der Waals surface area contributed by atoms with Crippen LogP contribution in [0.25, 0.3) is 0 Å². The molecule has 10 heavy (non-hydrogen) atoms. The van der Waals surface area contributed by atoms with E-state index in [0.29, 0.717) is 0 Å². The van der Waals surface area contributed by atoms with Crippen molar-refractivity contribution < 1.29 is 0 Å². The predicted octanol–water partition coefficient (Wildman–Crippen LogP) is 2.42. The molecule has 0 radical (unpaired) electrons. The quantitative estimate of drug-likeness (QED) is 0.575. The van der Waals surface area contributed by atoms with E-state index >= 15 is 0 Å². The van der Waals surface area contributed by atoms with Gasteiger partial charge in [0, 0.05) is 16.8 Å². The van der Waals surface area contributed by atoms with Crippen LogP contribution >= 0.6 is 11.8 Å². The van der Waals surface area contributed by atoms with E-state index in [-0.39, 0.29) is 0 Å². The largest absolute Gasteiger partial charge is 0.260 e. The Morgan fingerprint density at radius 3 is 2.60 bits per heavy atom. The number of hydrogen-bond acceptors (Lipinski definition) is 2.